The molecule has 1 unspecified atom stereocenters. The van der Waals surface area contributed by atoms with Crippen molar-refractivity contribution in [2.45, 2.75) is 220 Å². The van der Waals surface area contributed by atoms with Crippen molar-refractivity contribution in [1.82, 2.24) is 0 Å². The van der Waals surface area contributed by atoms with E-state index in [1.807, 2.05) is 0 Å². The number of unbranched alkanes of at least 4 members (excludes halogenated alkanes) is 21. The quantitative estimate of drug-likeness (QED) is 0.0410. The Morgan fingerprint density at radius 2 is 0.837 bits per heavy atom. The number of allylic oxidation sites excluding steroid dienone is 4. The predicted octanol–water partition coefficient (Wildman–Crippen LogP) is 14.4. The van der Waals surface area contributed by atoms with Gasteiger partial charge in [0.05, 0.1) is 6.61 Å². The van der Waals surface area contributed by atoms with Gasteiger partial charge in [-0.2, -0.15) is 0 Å². The number of hydrogen-bond donors (Lipinski definition) is 0. The van der Waals surface area contributed by atoms with Crippen LogP contribution in [0.4, 0.5) is 0 Å². The second kappa shape index (κ2) is 37.1. The summed E-state index contributed by atoms with van der Waals surface area (Å²) in [6.07, 6.45) is 49.5. The molecule has 0 aromatic carbocycles. The Bertz CT molecular complexity index is 593. The van der Waals surface area contributed by atoms with Crippen LogP contribution in [0.15, 0.2) is 24.3 Å². The lowest BCUT2D eigenvalue weighted by atomic mass is 9.91. The molecular weight excluding hydrogens is 524 g/mol. The highest BCUT2D eigenvalue weighted by Crippen LogP contribution is 2.23. The summed E-state index contributed by atoms with van der Waals surface area (Å²) < 4.78 is 5.53. The van der Waals surface area contributed by atoms with Crippen LogP contribution in [-0.2, 0) is 9.53 Å². The molecule has 0 aromatic heterocycles. The molecule has 0 heterocycles. The molecule has 0 aromatic rings. The SMILES string of the molecule is CCCCCCCC/C=C\CCCCCCCCOC(=O)CCCCC(CC/C=C\CCCCCCCC)CCCCC. The van der Waals surface area contributed by atoms with Crippen LogP contribution < -0.4 is 0 Å². The number of hydrogen-bond acceptors (Lipinski definition) is 2. The molecular formula is C41H78O2. The summed E-state index contributed by atoms with van der Waals surface area (Å²) in [6, 6.07) is 0. The van der Waals surface area contributed by atoms with Crippen LogP contribution in [0, 0.1) is 5.92 Å². The molecule has 0 aliphatic heterocycles. The van der Waals surface area contributed by atoms with Gasteiger partial charge in [0.2, 0.25) is 0 Å². The first-order valence-electron chi connectivity index (χ1n) is 19.7. The van der Waals surface area contributed by atoms with Gasteiger partial charge in [0.15, 0.2) is 0 Å². The van der Waals surface area contributed by atoms with Crippen molar-refractivity contribution in [2.24, 2.45) is 5.92 Å². The van der Waals surface area contributed by atoms with Crippen molar-refractivity contribution >= 4 is 5.97 Å². The maximum absolute atomic E-state index is 12.2. The second-order valence-corrected chi connectivity index (χ2v) is 13.4. The number of rotatable bonds is 35. The molecule has 0 saturated carbocycles. The summed E-state index contributed by atoms with van der Waals surface area (Å²) in [5, 5.41) is 0. The first-order valence-corrected chi connectivity index (χ1v) is 19.7. The number of esters is 1. The third-order valence-corrected chi connectivity index (χ3v) is 9.01. The fourth-order valence-electron chi connectivity index (χ4n) is 6.04. The van der Waals surface area contributed by atoms with Crippen LogP contribution in [0.3, 0.4) is 0 Å². The molecule has 2 nitrogen and oxygen atoms in total. The predicted molar refractivity (Wildman–Crippen MR) is 193 cm³/mol. The minimum absolute atomic E-state index is 0.0212. The molecule has 0 aliphatic carbocycles. The molecule has 0 fully saturated rings. The monoisotopic (exact) mass is 603 g/mol. The molecule has 0 spiro atoms. The van der Waals surface area contributed by atoms with E-state index in [1.54, 1.807) is 0 Å². The number of carbonyl (C=O) groups excluding carboxylic acids is 1. The van der Waals surface area contributed by atoms with Crippen LogP contribution in [0.25, 0.3) is 0 Å². The van der Waals surface area contributed by atoms with E-state index in [2.05, 4.69) is 45.1 Å². The summed E-state index contributed by atoms with van der Waals surface area (Å²) in [5.41, 5.74) is 0. The Morgan fingerprint density at radius 1 is 0.442 bits per heavy atom. The van der Waals surface area contributed by atoms with Gasteiger partial charge in [-0.25, -0.2) is 0 Å². The van der Waals surface area contributed by atoms with Gasteiger partial charge in [-0.05, 0) is 70.1 Å². The van der Waals surface area contributed by atoms with E-state index >= 15 is 0 Å². The zero-order chi connectivity index (χ0) is 31.3. The zero-order valence-electron chi connectivity index (χ0n) is 29.8. The highest BCUT2D eigenvalue weighted by molar-refractivity contribution is 5.69. The molecule has 1 atom stereocenters. The Hall–Kier alpha value is -1.05. The minimum atomic E-state index is 0.0212. The Balaban J connectivity index is 3.67. The van der Waals surface area contributed by atoms with E-state index in [4.69, 9.17) is 4.74 Å². The number of carbonyl (C=O) groups is 1. The maximum Gasteiger partial charge on any atom is 0.305 e. The third kappa shape index (κ3) is 35.3. The fraction of sp³-hybridized carbons (Fsp3) is 0.878. The Labute approximate surface area is 271 Å². The smallest absolute Gasteiger partial charge is 0.305 e. The van der Waals surface area contributed by atoms with Gasteiger partial charge < -0.3 is 4.74 Å². The molecule has 0 N–H and O–H groups in total. The lowest BCUT2D eigenvalue weighted by Crippen LogP contribution is -2.06. The van der Waals surface area contributed by atoms with Crippen LogP contribution in [0.1, 0.15) is 220 Å². The van der Waals surface area contributed by atoms with Gasteiger partial charge in [-0.3, -0.25) is 4.79 Å². The largest absolute Gasteiger partial charge is 0.466 e. The fourth-order valence-corrected chi connectivity index (χ4v) is 6.04. The van der Waals surface area contributed by atoms with E-state index in [-0.39, 0.29) is 5.97 Å². The highest BCUT2D eigenvalue weighted by atomic mass is 16.5. The molecule has 0 rings (SSSR count). The number of ether oxygens (including phenoxy) is 1. The van der Waals surface area contributed by atoms with Crippen LogP contribution in [0.5, 0.6) is 0 Å². The van der Waals surface area contributed by atoms with Crippen molar-refractivity contribution in [2.75, 3.05) is 6.61 Å². The second-order valence-electron chi connectivity index (χ2n) is 13.4. The normalized spacial score (nSPS) is 12.5. The van der Waals surface area contributed by atoms with Crippen molar-refractivity contribution in [1.29, 1.82) is 0 Å². The van der Waals surface area contributed by atoms with Gasteiger partial charge in [-0.1, -0.05) is 173 Å². The Morgan fingerprint density at radius 3 is 1.35 bits per heavy atom. The average Bonchev–Trinajstić information content (AvgIpc) is 3.01. The lowest BCUT2D eigenvalue weighted by molar-refractivity contribution is -0.143. The van der Waals surface area contributed by atoms with Crippen molar-refractivity contribution < 1.29 is 9.53 Å². The van der Waals surface area contributed by atoms with Crippen molar-refractivity contribution in [3.8, 4) is 0 Å². The lowest BCUT2D eigenvalue weighted by Gasteiger charge is -2.16. The molecule has 2 heteroatoms. The van der Waals surface area contributed by atoms with Gasteiger partial charge in [-0.15, -0.1) is 0 Å². The summed E-state index contributed by atoms with van der Waals surface area (Å²) in [4.78, 5) is 12.2. The van der Waals surface area contributed by atoms with Crippen LogP contribution in [-0.4, -0.2) is 12.6 Å². The first kappa shape index (κ1) is 42.0. The summed E-state index contributed by atoms with van der Waals surface area (Å²) in [5.74, 6) is 0.843. The van der Waals surface area contributed by atoms with E-state index in [0.717, 1.165) is 18.8 Å². The van der Waals surface area contributed by atoms with E-state index < -0.39 is 0 Å². The van der Waals surface area contributed by atoms with Crippen LogP contribution in [0.2, 0.25) is 0 Å². The van der Waals surface area contributed by atoms with E-state index in [0.29, 0.717) is 13.0 Å². The zero-order valence-corrected chi connectivity index (χ0v) is 29.8. The molecule has 0 aliphatic rings. The topological polar surface area (TPSA) is 26.3 Å². The molecule has 0 saturated heterocycles. The first-order chi connectivity index (χ1) is 21.2. The van der Waals surface area contributed by atoms with Crippen molar-refractivity contribution in [3.63, 3.8) is 0 Å². The summed E-state index contributed by atoms with van der Waals surface area (Å²) in [7, 11) is 0. The van der Waals surface area contributed by atoms with E-state index in [9.17, 15) is 4.79 Å². The summed E-state index contributed by atoms with van der Waals surface area (Å²) in [6.45, 7) is 7.48. The molecule has 43 heavy (non-hydrogen) atoms. The van der Waals surface area contributed by atoms with Crippen LogP contribution >= 0.6 is 0 Å². The van der Waals surface area contributed by atoms with Gasteiger partial charge >= 0.3 is 5.97 Å². The molecule has 0 bridgehead atoms. The molecule has 0 radical (unpaired) electrons. The minimum Gasteiger partial charge on any atom is -0.466 e. The van der Waals surface area contributed by atoms with Gasteiger partial charge in [0, 0.05) is 6.42 Å². The third-order valence-electron chi connectivity index (χ3n) is 9.01. The standard InChI is InChI=1S/C41H78O2/c1-4-7-10-12-14-16-18-19-20-21-22-23-25-27-29-34-39-43-41(42)38-33-32-37-40(35-30-9-6-3)36-31-28-26-24-17-15-13-11-8-5-2/h19-20,26,28,40H,4-18,21-25,27,29-39H2,1-3H3/b20-19-,28-26-. The van der Waals surface area contributed by atoms with Crippen molar-refractivity contribution in [3.05, 3.63) is 24.3 Å². The van der Waals surface area contributed by atoms with Gasteiger partial charge in [0.25, 0.3) is 0 Å². The highest BCUT2D eigenvalue weighted by Gasteiger charge is 2.09. The van der Waals surface area contributed by atoms with Gasteiger partial charge in [0.1, 0.15) is 0 Å². The average molecular weight is 603 g/mol. The maximum atomic E-state index is 12.2. The summed E-state index contributed by atoms with van der Waals surface area (Å²) >= 11 is 0. The molecule has 0 amide bonds. The Kier molecular flexibility index (Phi) is 36.2. The molecule has 254 valence electrons. The van der Waals surface area contributed by atoms with E-state index in [1.165, 1.54) is 180 Å².